The molecule has 2 aliphatic carbocycles. The van der Waals surface area contributed by atoms with Gasteiger partial charge in [0.2, 0.25) is 0 Å². The summed E-state index contributed by atoms with van der Waals surface area (Å²) in [5.74, 6) is -0.117. The van der Waals surface area contributed by atoms with E-state index in [-0.39, 0.29) is 18.3 Å². The molecule has 0 heterocycles. The molecule has 3 N–H and O–H groups in total. The second-order valence-electron chi connectivity index (χ2n) is 6.58. The molecule has 0 saturated heterocycles. The van der Waals surface area contributed by atoms with Gasteiger partial charge in [-0.2, -0.15) is 0 Å². The predicted molar refractivity (Wildman–Crippen MR) is 71.4 cm³/mol. The number of rotatable bonds is 2. The van der Waals surface area contributed by atoms with Gasteiger partial charge in [-0.15, -0.1) is 0 Å². The maximum absolute atomic E-state index is 11.9. The first-order valence-corrected chi connectivity index (χ1v) is 6.98. The normalized spacial score (nSPS) is 42.3. The molecule has 108 valence electrons. The summed E-state index contributed by atoms with van der Waals surface area (Å²) in [5, 5.41) is 30.3. The first-order chi connectivity index (χ1) is 8.74. The van der Waals surface area contributed by atoms with Crippen molar-refractivity contribution in [2.24, 2.45) is 17.3 Å². The fourth-order valence-corrected chi connectivity index (χ4v) is 3.75. The lowest BCUT2D eigenvalue weighted by atomic mass is 9.58. The molecule has 2 aliphatic rings. The van der Waals surface area contributed by atoms with Gasteiger partial charge in [-0.05, 0) is 38.2 Å². The van der Waals surface area contributed by atoms with Crippen molar-refractivity contribution in [1.82, 2.24) is 0 Å². The van der Waals surface area contributed by atoms with Crippen LogP contribution in [0.2, 0.25) is 0 Å². The minimum absolute atomic E-state index is 0.0789. The number of aliphatic hydroxyl groups is 3. The van der Waals surface area contributed by atoms with Gasteiger partial charge in [-0.3, -0.25) is 4.79 Å². The topological polar surface area (TPSA) is 77.8 Å². The van der Waals surface area contributed by atoms with E-state index < -0.39 is 23.0 Å². The average Bonchev–Trinajstić information content (AvgIpc) is 2.64. The van der Waals surface area contributed by atoms with E-state index in [0.29, 0.717) is 18.4 Å². The van der Waals surface area contributed by atoms with E-state index in [9.17, 15) is 20.1 Å². The molecule has 1 saturated carbocycles. The summed E-state index contributed by atoms with van der Waals surface area (Å²) in [6, 6.07) is 0. The number of Topliss-reactive ketones (excluding diaryl/α,β-unsaturated/α-hetero) is 1. The third kappa shape index (κ3) is 2.16. The smallest absolute Gasteiger partial charge is 0.159 e. The van der Waals surface area contributed by atoms with E-state index in [1.165, 1.54) is 0 Å². The Hall–Kier alpha value is -0.710. The molecule has 0 aromatic rings. The summed E-state index contributed by atoms with van der Waals surface area (Å²) in [4.78, 5) is 11.9. The van der Waals surface area contributed by atoms with Crippen LogP contribution in [-0.4, -0.2) is 39.4 Å². The van der Waals surface area contributed by atoms with Crippen molar-refractivity contribution in [3.05, 3.63) is 11.6 Å². The lowest BCUT2D eigenvalue weighted by Crippen LogP contribution is -2.55. The Morgan fingerprint density at radius 1 is 1.47 bits per heavy atom. The van der Waals surface area contributed by atoms with E-state index in [1.54, 1.807) is 13.8 Å². The molecule has 2 rings (SSSR count). The molecular weight excluding hydrogens is 244 g/mol. The number of allylic oxidation sites excluding steroid dienone is 1. The Labute approximate surface area is 114 Å². The van der Waals surface area contributed by atoms with Crippen LogP contribution in [0.15, 0.2) is 11.6 Å². The number of carbonyl (C=O) groups is 1. The quantitative estimate of drug-likeness (QED) is 0.699. The number of hydrogen-bond acceptors (Lipinski definition) is 4. The number of carbonyl (C=O) groups excluding carboxylic acids is 1. The van der Waals surface area contributed by atoms with E-state index in [2.05, 4.69) is 6.92 Å². The number of hydrogen-bond donors (Lipinski definition) is 3. The summed E-state index contributed by atoms with van der Waals surface area (Å²) >= 11 is 0. The predicted octanol–water partition coefficient (Wildman–Crippen LogP) is 1.04. The van der Waals surface area contributed by atoms with Gasteiger partial charge < -0.3 is 15.3 Å². The summed E-state index contributed by atoms with van der Waals surface area (Å²) < 4.78 is 0. The zero-order valence-corrected chi connectivity index (χ0v) is 11.9. The van der Waals surface area contributed by atoms with Crippen LogP contribution in [0.5, 0.6) is 0 Å². The first kappa shape index (κ1) is 14.7. The molecular formula is C15H24O4. The Morgan fingerprint density at radius 2 is 2.11 bits per heavy atom. The minimum Gasteiger partial charge on any atom is -0.393 e. The second-order valence-corrected chi connectivity index (χ2v) is 6.58. The van der Waals surface area contributed by atoms with Crippen molar-refractivity contribution >= 4 is 5.78 Å². The molecule has 5 unspecified atom stereocenters. The Bertz CT molecular complexity index is 412. The summed E-state index contributed by atoms with van der Waals surface area (Å²) in [5.41, 5.74) is -1.17. The largest absolute Gasteiger partial charge is 0.393 e. The van der Waals surface area contributed by atoms with Crippen LogP contribution < -0.4 is 0 Å². The fraction of sp³-hybridized carbons (Fsp3) is 0.800. The van der Waals surface area contributed by atoms with Crippen molar-refractivity contribution in [3.63, 3.8) is 0 Å². The SMILES string of the molecule is CC1=CC2(CC1=O)C(C)CCC(C(C)(O)CO)C2O. The number of aliphatic hydroxyl groups excluding tert-OH is 2. The van der Waals surface area contributed by atoms with Gasteiger partial charge in [-0.25, -0.2) is 0 Å². The zero-order chi connectivity index (χ0) is 14.4. The maximum atomic E-state index is 11.9. The van der Waals surface area contributed by atoms with Gasteiger partial charge in [0.25, 0.3) is 0 Å². The third-order valence-electron chi connectivity index (χ3n) is 5.27. The molecule has 0 aliphatic heterocycles. The lowest BCUT2D eigenvalue weighted by Gasteiger charge is -2.50. The van der Waals surface area contributed by atoms with Gasteiger partial charge in [0, 0.05) is 17.8 Å². The monoisotopic (exact) mass is 268 g/mol. The maximum Gasteiger partial charge on any atom is 0.159 e. The van der Waals surface area contributed by atoms with Crippen molar-refractivity contribution in [2.75, 3.05) is 6.61 Å². The van der Waals surface area contributed by atoms with Gasteiger partial charge in [0.15, 0.2) is 5.78 Å². The fourth-order valence-electron chi connectivity index (χ4n) is 3.75. The lowest BCUT2D eigenvalue weighted by molar-refractivity contribution is -0.151. The van der Waals surface area contributed by atoms with E-state index >= 15 is 0 Å². The van der Waals surface area contributed by atoms with Crippen molar-refractivity contribution in [1.29, 1.82) is 0 Å². The summed E-state index contributed by atoms with van der Waals surface area (Å²) in [6.07, 6.45) is 2.93. The van der Waals surface area contributed by atoms with Crippen LogP contribution >= 0.6 is 0 Å². The van der Waals surface area contributed by atoms with Crippen molar-refractivity contribution in [2.45, 2.75) is 51.7 Å². The van der Waals surface area contributed by atoms with Gasteiger partial charge in [0.1, 0.15) is 0 Å². The minimum atomic E-state index is -1.31. The van der Waals surface area contributed by atoms with E-state index in [0.717, 1.165) is 6.42 Å². The Balaban J connectivity index is 2.36. The van der Waals surface area contributed by atoms with Crippen LogP contribution in [0.25, 0.3) is 0 Å². The highest BCUT2D eigenvalue weighted by atomic mass is 16.3. The molecule has 1 spiro atoms. The highest BCUT2D eigenvalue weighted by molar-refractivity contribution is 5.98. The Morgan fingerprint density at radius 3 is 2.58 bits per heavy atom. The molecule has 19 heavy (non-hydrogen) atoms. The highest BCUT2D eigenvalue weighted by Gasteiger charge is 2.55. The van der Waals surface area contributed by atoms with E-state index in [1.807, 2.05) is 6.08 Å². The van der Waals surface area contributed by atoms with Crippen molar-refractivity contribution in [3.8, 4) is 0 Å². The molecule has 4 nitrogen and oxygen atoms in total. The molecule has 4 heteroatoms. The molecule has 0 radical (unpaired) electrons. The number of ketones is 1. The van der Waals surface area contributed by atoms with Gasteiger partial charge in [-0.1, -0.05) is 13.0 Å². The Kier molecular flexibility index (Phi) is 3.62. The summed E-state index contributed by atoms with van der Waals surface area (Å²) in [6.45, 7) is 5.01. The molecule has 0 aromatic heterocycles. The van der Waals surface area contributed by atoms with E-state index in [4.69, 9.17) is 0 Å². The molecule has 0 bridgehead atoms. The molecule has 0 aromatic carbocycles. The second kappa shape index (κ2) is 4.69. The summed E-state index contributed by atoms with van der Waals surface area (Å²) in [7, 11) is 0. The van der Waals surface area contributed by atoms with Crippen LogP contribution in [0.4, 0.5) is 0 Å². The zero-order valence-electron chi connectivity index (χ0n) is 11.9. The van der Waals surface area contributed by atoms with Gasteiger partial charge >= 0.3 is 0 Å². The standard InChI is InChI=1S/C15H24O4/c1-9-6-15(7-12(9)17)10(2)4-5-11(13(15)18)14(3,19)8-16/h6,10-11,13,16,18-19H,4-5,7-8H2,1-3H3. The van der Waals surface area contributed by atoms with Crippen molar-refractivity contribution < 1.29 is 20.1 Å². The van der Waals surface area contributed by atoms with Crippen LogP contribution in [0, 0.1) is 17.3 Å². The van der Waals surface area contributed by atoms with Crippen LogP contribution in [-0.2, 0) is 4.79 Å². The molecule has 1 fully saturated rings. The molecule has 5 atom stereocenters. The van der Waals surface area contributed by atoms with Gasteiger partial charge in [0.05, 0.1) is 18.3 Å². The highest BCUT2D eigenvalue weighted by Crippen LogP contribution is 2.53. The first-order valence-electron chi connectivity index (χ1n) is 6.98. The van der Waals surface area contributed by atoms with Crippen LogP contribution in [0.3, 0.4) is 0 Å². The van der Waals surface area contributed by atoms with Crippen LogP contribution in [0.1, 0.15) is 40.0 Å². The third-order valence-corrected chi connectivity index (χ3v) is 5.27. The average molecular weight is 268 g/mol. The molecule has 0 amide bonds.